The van der Waals surface area contributed by atoms with Gasteiger partial charge in [0, 0.05) is 30.4 Å². The summed E-state index contributed by atoms with van der Waals surface area (Å²) in [5.74, 6) is 0. The van der Waals surface area contributed by atoms with Crippen LogP contribution in [-0.4, -0.2) is 9.55 Å². The molecule has 0 saturated heterocycles. The molecule has 0 saturated carbocycles. The van der Waals surface area contributed by atoms with Gasteiger partial charge in [0.15, 0.2) is 0 Å². The van der Waals surface area contributed by atoms with Crippen molar-refractivity contribution < 1.29 is 0 Å². The van der Waals surface area contributed by atoms with Crippen molar-refractivity contribution in [3.63, 3.8) is 0 Å². The number of H-pyrrole nitrogens is 1. The Morgan fingerprint density at radius 3 is 2.86 bits per heavy atom. The monoisotopic (exact) mass is 284 g/mol. The second-order valence-electron chi connectivity index (χ2n) is 5.48. The van der Waals surface area contributed by atoms with Gasteiger partial charge in [0.25, 0.3) is 5.56 Å². The van der Waals surface area contributed by atoms with Crippen molar-refractivity contribution in [1.82, 2.24) is 9.55 Å². The Labute approximate surface area is 126 Å². The molecule has 21 heavy (non-hydrogen) atoms. The number of aromatic nitrogens is 2. The van der Waals surface area contributed by atoms with Gasteiger partial charge in [-0.05, 0) is 43.9 Å². The Kier molecular flexibility index (Phi) is 4.84. The first kappa shape index (κ1) is 15.4. The molecule has 0 amide bonds. The molecule has 0 atom stereocenters. The van der Waals surface area contributed by atoms with Gasteiger partial charge in [0.2, 0.25) is 0 Å². The van der Waals surface area contributed by atoms with E-state index in [2.05, 4.69) is 31.0 Å². The fraction of sp³-hybridized carbons (Fsp3) is 0.389. The lowest BCUT2D eigenvalue weighted by atomic mass is 9.96. The Bertz CT molecular complexity index is 744. The molecule has 0 radical (unpaired) electrons. The van der Waals surface area contributed by atoms with E-state index >= 15 is 0 Å². The first-order valence-electron chi connectivity index (χ1n) is 7.59. The van der Waals surface area contributed by atoms with E-state index < -0.39 is 0 Å². The van der Waals surface area contributed by atoms with Crippen molar-refractivity contribution in [2.75, 3.05) is 0 Å². The molecule has 1 N–H and O–H groups in total. The SMILES string of the molecule is C/C=C\C(CCCC)=C(/C)c1cn(C)c(=O)c2[nH]ccc12. The molecule has 0 aliphatic carbocycles. The fourth-order valence-electron chi connectivity index (χ4n) is 2.71. The van der Waals surface area contributed by atoms with Crippen molar-refractivity contribution >= 4 is 16.5 Å². The van der Waals surface area contributed by atoms with Crippen LogP contribution in [0.1, 0.15) is 45.6 Å². The lowest BCUT2D eigenvalue weighted by Crippen LogP contribution is -2.17. The minimum Gasteiger partial charge on any atom is -0.357 e. The molecular formula is C18H24N2O. The van der Waals surface area contributed by atoms with E-state index in [0.717, 1.165) is 17.4 Å². The first-order chi connectivity index (χ1) is 10.1. The number of hydrogen-bond donors (Lipinski definition) is 1. The zero-order valence-electron chi connectivity index (χ0n) is 13.4. The third kappa shape index (κ3) is 3.02. The minimum atomic E-state index is 0.0210. The van der Waals surface area contributed by atoms with Gasteiger partial charge < -0.3 is 9.55 Å². The first-order valence-corrected chi connectivity index (χ1v) is 7.59. The average Bonchev–Trinajstić information content (AvgIpc) is 2.96. The second-order valence-corrected chi connectivity index (χ2v) is 5.48. The molecule has 2 rings (SSSR count). The van der Waals surface area contributed by atoms with Crippen LogP contribution in [0.3, 0.4) is 0 Å². The van der Waals surface area contributed by atoms with Crippen LogP contribution in [-0.2, 0) is 7.05 Å². The van der Waals surface area contributed by atoms with Crippen LogP contribution in [0.4, 0.5) is 0 Å². The largest absolute Gasteiger partial charge is 0.357 e. The van der Waals surface area contributed by atoms with E-state index in [0.29, 0.717) is 5.52 Å². The molecular weight excluding hydrogens is 260 g/mol. The number of nitrogens with one attached hydrogen (secondary N) is 1. The van der Waals surface area contributed by atoms with Crippen LogP contribution in [0, 0.1) is 0 Å². The Balaban J connectivity index is 2.65. The summed E-state index contributed by atoms with van der Waals surface area (Å²) < 4.78 is 1.66. The van der Waals surface area contributed by atoms with E-state index in [9.17, 15) is 4.79 Å². The van der Waals surface area contributed by atoms with Gasteiger partial charge in [-0.1, -0.05) is 25.5 Å². The Hall–Kier alpha value is -2.03. The molecule has 0 aromatic carbocycles. The maximum Gasteiger partial charge on any atom is 0.274 e. The second kappa shape index (κ2) is 6.61. The molecule has 3 nitrogen and oxygen atoms in total. The van der Waals surface area contributed by atoms with Gasteiger partial charge in [-0.25, -0.2) is 0 Å². The average molecular weight is 284 g/mol. The summed E-state index contributed by atoms with van der Waals surface area (Å²) in [6.45, 7) is 6.41. The highest BCUT2D eigenvalue weighted by Crippen LogP contribution is 2.27. The van der Waals surface area contributed by atoms with Crippen molar-refractivity contribution in [2.45, 2.75) is 40.0 Å². The highest BCUT2D eigenvalue weighted by molar-refractivity contribution is 5.92. The number of fused-ring (bicyclic) bond motifs is 1. The zero-order valence-corrected chi connectivity index (χ0v) is 13.4. The van der Waals surface area contributed by atoms with Gasteiger partial charge in [-0.2, -0.15) is 0 Å². The molecule has 0 aliphatic rings. The molecule has 2 aromatic heterocycles. The maximum absolute atomic E-state index is 12.1. The van der Waals surface area contributed by atoms with Gasteiger partial charge in [0.1, 0.15) is 5.52 Å². The number of pyridine rings is 1. The summed E-state index contributed by atoms with van der Waals surface area (Å²) in [5.41, 5.74) is 4.44. The van der Waals surface area contributed by atoms with E-state index in [1.807, 2.05) is 25.4 Å². The summed E-state index contributed by atoms with van der Waals surface area (Å²) in [7, 11) is 1.81. The zero-order chi connectivity index (χ0) is 15.4. The van der Waals surface area contributed by atoms with Crippen molar-refractivity contribution in [2.24, 2.45) is 7.05 Å². The van der Waals surface area contributed by atoms with E-state index in [1.54, 1.807) is 11.6 Å². The lowest BCUT2D eigenvalue weighted by Gasteiger charge is -2.12. The quantitative estimate of drug-likeness (QED) is 0.812. The highest BCUT2D eigenvalue weighted by Gasteiger charge is 2.11. The summed E-state index contributed by atoms with van der Waals surface area (Å²) in [6, 6.07) is 1.99. The topological polar surface area (TPSA) is 37.8 Å². The van der Waals surface area contributed by atoms with Crippen LogP contribution in [0.5, 0.6) is 0 Å². The van der Waals surface area contributed by atoms with E-state index in [1.165, 1.54) is 24.0 Å². The Morgan fingerprint density at radius 2 is 2.19 bits per heavy atom. The molecule has 3 heteroatoms. The Morgan fingerprint density at radius 1 is 1.43 bits per heavy atom. The number of unbranched alkanes of at least 4 members (excludes halogenated alkanes) is 1. The molecule has 2 aromatic rings. The smallest absolute Gasteiger partial charge is 0.274 e. The molecule has 0 unspecified atom stereocenters. The van der Waals surface area contributed by atoms with Crippen LogP contribution in [0.2, 0.25) is 0 Å². The molecule has 0 aliphatic heterocycles. The van der Waals surface area contributed by atoms with Crippen LogP contribution in [0.25, 0.3) is 16.5 Å². The molecule has 112 valence electrons. The van der Waals surface area contributed by atoms with Gasteiger partial charge in [0.05, 0.1) is 0 Å². The molecule has 0 bridgehead atoms. The number of allylic oxidation sites excluding steroid dienone is 4. The fourth-order valence-corrected chi connectivity index (χ4v) is 2.71. The number of hydrogen-bond acceptors (Lipinski definition) is 1. The van der Waals surface area contributed by atoms with Gasteiger partial charge in [-0.3, -0.25) is 4.79 Å². The predicted molar refractivity (Wildman–Crippen MR) is 90.5 cm³/mol. The van der Waals surface area contributed by atoms with E-state index in [-0.39, 0.29) is 5.56 Å². The number of aromatic amines is 1. The number of nitrogens with zero attached hydrogens (tertiary/aromatic N) is 1. The highest BCUT2D eigenvalue weighted by atomic mass is 16.1. The maximum atomic E-state index is 12.1. The third-order valence-electron chi connectivity index (χ3n) is 3.95. The van der Waals surface area contributed by atoms with Crippen molar-refractivity contribution in [3.8, 4) is 0 Å². The van der Waals surface area contributed by atoms with E-state index in [4.69, 9.17) is 0 Å². The minimum absolute atomic E-state index is 0.0210. The number of rotatable bonds is 5. The molecule has 0 fully saturated rings. The van der Waals surface area contributed by atoms with Crippen molar-refractivity contribution in [3.05, 3.63) is 52.1 Å². The summed E-state index contributed by atoms with van der Waals surface area (Å²) in [4.78, 5) is 15.2. The molecule has 0 spiro atoms. The predicted octanol–water partition coefficient (Wildman–Crippen LogP) is 4.41. The van der Waals surface area contributed by atoms with Gasteiger partial charge >= 0.3 is 0 Å². The molecule has 2 heterocycles. The summed E-state index contributed by atoms with van der Waals surface area (Å²) in [6.07, 6.45) is 11.5. The summed E-state index contributed by atoms with van der Waals surface area (Å²) in [5, 5.41) is 1.01. The summed E-state index contributed by atoms with van der Waals surface area (Å²) >= 11 is 0. The van der Waals surface area contributed by atoms with Crippen LogP contribution >= 0.6 is 0 Å². The van der Waals surface area contributed by atoms with Crippen LogP contribution in [0.15, 0.2) is 41.0 Å². The number of aryl methyl sites for hydroxylation is 1. The lowest BCUT2D eigenvalue weighted by molar-refractivity contribution is 0.798. The third-order valence-corrected chi connectivity index (χ3v) is 3.95. The normalized spacial score (nSPS) is 13.1. The van der Waals surface area contributed by atoms with Crippen molar-refractivity contribution in [1.29, 1.82) is 0 Å². The standard InChI is InChI=1S/C18H24N2O/c1-5-7-9-14(8-6-2)13(3)16-12-20(4)18(21)17-15(16)10-11-19-17/h6,8,10-12,19H,5,7,9H2,1-4H3/b8-6-,14-13-. The van der Waals surface area contributed by atoms with Crippen LogP contribution < -0.4 is 5.56 Å². The van der Waals surface area contributed by atoms with Gasteiger partial charge in [-0.15, -0.1) is 0 Å².